The van der Waals surface area contributed by atoms with Crippen LogP contribution < -0.4 is 0 Å². The minimum atomic E-state index is -3.56. The van der Waals surface area contributed by atoms with Crippen molar-refractivity contribution in [1.29, 1.82) is 0 Å². The van der Waals surface area contributed by atoms with Crippen LogP contribution in [0.3, 0.4) is 0 Å². The van der Waals surface area contributed by atoms with Crippen molar-refractivity contribution < 1.29 is 13.6 Å². The highest BCUT2D eigenvalue weighted by molar-refractivity contribution is 7.54. The van der Waals surface area contributed by atoms with Gasteiger partial charge < -0.3 is 9.05 Å². The minimum Gasteiger partial charge on any atom is -0.308 e. The maximum atomic E-state index is 14.2. The van der Waals surface area contributed by atoms with E-state index in [9.17, 15) is 4.57 Å². The molecular formula is C25H27N2O3P. The third-order valence-corrected chi connectivity index (χ3v) is 7.59. The molecule has 4 rings (SSSR count). The van der Waals surface area contributed by atoms with Crippen LogP contribution in [0.2, 0.25) is 0 Å². The number of rotatable bonds is 8. The first-order chi connectivity index (χ1) is 15.1. The zero-order valence-electron chi connectivity index (χ0n) is 18.1. The van der Waals surface area contributed by atoms with Gasteiger partial charge in [0.25, 0.3) is 0 Å². The van der Waals surface area contributed by atoms with Crippen molar-refractivity contribution in [3.05, 3.63) is 95.7 Å². The van der Waals surface area contributed by atoms with Crippen LogP contribution in [0.15, 0.2) is 78.9 Å². The molecule has 0 aliphatic heterocycles. The van der Waals surface area contributed by atoms with Gasteiger partial charge in [-0.1, -0.05) is 60.7 Å². The lowest BCUT2D eigenvalue weighted by Crippen LogP contribution is -2.13. The van der Waals surface area contributed by atoms with Gasteiger partial charge in [-0.2, -0.15) is 5.10 Å². The van der Waals surface area contributed by atoms with Gasteiger partial charge in [0.05, 0.1) is 30.1 Å². The summed E-state index contributed by atoms with van der Waals surface area (Å²) < 4.78 is 27.8. The SMILES string of the molecule is CCOP(=O)(OCC)C(c1ccccc1)c1c2ccc(C)cc2nn1-c1ccccc1. The van der Waals surface area contributed by atoms with Crippen molar-refractivity contribution in [3.8, 4) is 5.69 Å². The van der Waals surface area contributed by atoms with Crippen LogP contribution in [-0.2, 0) is 13.6 Å². The second kappa shape index (κ2) is 9.19. The number of para-hydroxylation sites is 1. The van der Waals surface area contributed by atoms with Gasteiger partial charge in [0.1, 0.15) is 5.66 Å². The Morgan fingerprint density at radius 2 is 1.52 bits per heavy atom. The second-order valence-corrected chi connectivity index (χ2v) is 9.45. The van der Waals surface area contributed by atoms with Gasteiger partial charge in [-0.3, -0.25) is 4.57 Å². The molecule has 0 N–H and O–H groups in total. The van der Waals surface area contributed by atoms with E-state index in [4.69, 9.17) is 14.1 Å². The first-order valence-electron chi connectivity index (χ1n) is 10.6. The standard InChI is InChI=1S/C25H27N2O3P/c1-4-29-31(28,30-5-2)25(20-12-8-6-9-13-20)24-22-17-16-19(3)18-23(22)26-27(24)21-14-10-7-11-15-21/h6-18,25H,4-5H2,1-3H3. The molecule has 1 heterocycles. The van der Waals surface area contributed by atoms with Crippen LogP contribution in [0.5, 0.6) is 0 Å². The molecule has 160 valence electrons. The molecule has 4 aromatic rings. The van der Waals surface area contributed by atoms with Gasteiger partial charge >= 0.3 is 7.60 Å². The predicted octanol–water partition coefficient (Wildman–Crippen LogP) is 6.69. The molecular weight excluding hydrogens is 407 g/mol. The molecule has 0 bridgehead atoms. The molecule has 0 fully saturated rings. The summed E-state index contributed by atoms with van der Waals surface area (Å²) in [5.74, 6) is 0. The predicted molar refractivity (Wildman–Crippen MR) is 125 cm³/mol. The van der Waals surface area contributed by atoms with Gasteiger partial charge in [-0.15, -0.1) is 0 Å². The largest absolute Gasteiger partial charge is 0.344 e. The summed E-state index contributed by atoms with van der Waals surface area (Å²) >= 11 is 0. The summed E-state index contributed by atoms with van der Waals surface area (Å²) in [6.07, 6.45) is 0. The highest BCUT2D eigenvalue weighted by atomic mass is 31.2. The molecule has 0 aliphatic rings. The lowest BCUT2D eigenvalue weighted by molar-refractivity contribution is 0.214. The highest BCUT2D eigenvalue weighted by Crippen LogP contribution is 2.64. The number of aryl methyl sites for hydroxylation is 1. The van der Waals surface area contributed by atoms with Crippen LogP contribution >= 0.6 is 7.60 Å². The summed E-state index contributed by atoms with van der Waals surface area (Å²) in [6.45, 7) is 6.29. The van der Waals surface area contributed by atoms with Crippen LogP contribution in [0, 0.1) is 6.92 Å². The number of benzene rings is 3. The molecule has 0 amide bonds. The van der Waals surface area contributed by atoms with Crippen molar-refractivity contribution in [2.75, 3.05) is 13.2 Å². The number of fused-ring (bicyclic) bond motifs is 1. The Kier molecular flexibility index (Phi) is 6.38. The minimum absolute atomic E-state index is 0.289. The Labute approximate surface area is 183 Å². The summed E-state index contributed by atoms with van der Waals surface area (Å²) in [5, 5.41) is 5.84. The normalized spacial score (nSPS) is 12.9. The third-order valence-electron chi connectivity index (χ3n) is 5.17. The first-order valence-corrected chi connectivity index (χ1v) is 12.2. The second-order valence-electron chi connectivity index (χ2n) is 7.34. The summed E-state index contributed by atoms with van der Waals surface area (Å²) in [6, 6.07) is 25.8. The zero-order valence-corrected chi connectivity index (χ0v) is 19.0. The van der Waals surface area contributed by atoms with Crippen LogP contribution in [0.25, 0.3) is 16.6 Å². The maximum absolute atomic E-state index is 14.2. The molecule has 1 unspecified atom stereocenters. The summed E-state index contributed by atoms with van der Waals surface area (Å²) in [5.41, 5.74) is 3.91. The Morgan fingerprint density at radius 1 is 0.903 bits per heavy atom. The fourth-order valence-corrected chi connectivity index (χ4v) is 6.10. The van der Waals surface area contributed by atoms with Crippen molar-refractivity contribution in [1.82, 2.24) is 9.78 Å². The van der Waals surface area contributed by atoms with E-state index in [1.807, 2.05) is 98.2 Å². The Bertz CT molecular complexity index is 1200. The molecule has 0 radical (unpaired) electrons. The molecule has 0 aliphatic carbocycles. The molecule has 6 heteroatoms. The number of nitrogens with zero attached hydrogens (tertiary/aromatic N) is 2. The lowest BCUT2D eigenvalue weighted by atomic mass is 10.0. The van der Waals surface area contributed by atoms with E-state index in [1.54, 1.807) is 0 Å². The highest BCUT2D eigenvalue weighted by Gasteiger charge is 2.41. The van der Waals surface area contributed by atoms with Crippen LogP contribution in [0.1, 0.15) is 36.3 Å². The van der Waals surface area contributed by atoms with Gasteiger partial charge in [0, 0.05) is 5.39 Å². The maximum Gasteiger partial charge on any atom is 0.344 e. The molecule has 0 saturated heterocycles. The van der Waals surface area contributed by atoms with Crippen molar-refractivity contribution in [2.45, 2.75) is 26.4 Å². The zero-order chi connectivity index (χ0) is 21.8. The van der Waals surface area contributed by atoms with Gasteiger partial charge in [-0.25, -0.2) is 4.68 Å². The van der Waals surface area contributed by atoms with Crippen LogP contribution in [0.4, 0.5) is 0 Å². The van der Waals surface area contributed by atoms with Gasteiger partial charge in [0.2, 0.25) is 0 Å². The molecule has 5 nitrogen and oxygen atoms in total. The first kappa shape index (κ1) is 21.5. The summed E-state index contributed by atoms with van der Waals surface area (Å²) in [7, 11) is -3.56. The van der Waals surface area contributed by atoms with E-state index in [-0.39, 0.29) is 13.2 Å². The monoisotopic (exact) mass is 434 g/mol. The van der Waals surface area contributed by atoms with Gasteiger partial charge in [0.15, 0.2) is 0 Å². The fraction of sp³-hybridized carbons (Fsp3) is 0.240. The molecule has 0 spiro atoms. The molecule has 3 aromatic carbocycles. The number of hydrogen-bond acceptors (Lipinski definition) is 4. The lowest BCUT2D eigenvalue weighted by Gasteiger charge is -2.27. The van der Waals surface area contributed by atoms with E-state index in [2.05, 4.69) is 6.07 Å². The van der Waals surface area contributed by atoms with E-state index in [0.29, 0.717) is 0 Å². The van der Waals surface area contributed by atoms with Crippen LogP contribution in [-0.4, -0.2) is 23.0 Å². The smallest absolute Gasteiger partial charge is 0.308 e. The van der Waals surface area contributed by atoms with E-state index in [1.165, 1.54) is 0 Å². The average molecular weight is 434 g/mol. The molecule has 1 aromatic heterocycles. The fourth-order valence-electron chi connectivity index (χ4n) is 3.92. The summed E-state index contributed by atoms with van der Waals surface area (Å²) in [4.78, 5) is 0. The van der Waals surface area contributed by atoms with Crippen molar-refractivity contribution >= 4 is 18.5 Å². The number of hydrogen-bond donors (Lipinski definition) is 0. The molecule has 0 saturated carbocycles. The van der Waals surface area contributed by atoms with Crippen molar-refractivity contribution in [3.63, 3.8) is 0 Å². The van der Waals surface area contributed by atoms with E-state index in [0.717, 1.165) is 33.4 Å². The average Bonchev–Trinajstić information content (AvgIpc) is 3.13. The molecule has 1 atom stereocenters. The topological polar surface area (TPSA) is 53.4 Å². The Hall–Kier alpha value is -2.72. The molecule has 31 heavy (non-hydrogen) atoms. The Morgan fingerprint density at radius 3 is 2.13 bits per heavy atom. The number of aromatic nitrogens is 2. The van der Waals surface area contributed by atoms with Gasteiger partial charge in [-0.05, 0) is 50.1 Å². The van der Waals surface area contributed by atoms with E-state index < -0.39 is 13.3 Å². The van der Waals surface area contributed by atoms with Crippen molar-refractivity contribution in [2.24, 2.45) is 0 Å². The Balaban J connectivity index is 2.07. The third kappa shape index (κ3) is 4.22. The van der Waals surface area contributed by atoms with E-state index >= 15 is 0 Å². The quantitative estimate of drug-likeness (QED) is 0.290.